The van der Waals surface area contributed by atoms with Crippen molar-refractivity contribution in [1.82, 2.24) is 5.32 Å². The number of fused-ring (bicyclic) bond motifs is 1. The number of rotatable bonds is 6. The summed E-state index contributed by atoms with van der Waals surface area (Å²) in [5.41, 5.74) is 13.8. The minimum absolute atomic E-state index is 0.0969. The maximum absolute atomic E-state index is 11.5. The largest absolute Gasteiger partial charge is 0.379 e. The van der Waals surface area contributed by atoms with Crippen LogP contribution in [-0.4, -0.2) is 38.3 Å². The van der Waals surface area contributed by atoms with Crippen LogP contribution in [0, 0.1) is 0 Å². The Bertz CT molecular complexity index is 543. The molecule has 0 heterocycles. The first kappa shape index (κ1) is 16.9. The fraction of sp³-hybridized carbons (Fsp3) is 0.588. The quantitative estimate of drug-likeness (QED) is 0.682. The van der Waals surface area contributed by atoms with E-state index < -0.39 is 0 Å². The number of hydrogen-bond donors (Lipinski definition) is 3. The van der Waals surface area contributed by atoms with Crippen LogP contribution in [0.2, 0.25) is 0 Å². The van der Waals surface area contributed by atoms with E-state index in [9.17, 15) is 4.79 Å². The van der Waals surface area contributed by atoms with Crippen LogP contribution < -0.4 is 16.8 Å². The molecule has 1 aromatic rings. The minimum atomic E-state index is -0.389. The molecule has 0 bridgehead atoms. The third-order valence-corrected chi connectivity index (χ3v) is 4.71. The van der Waals surface area contributed by atoms with Gasteiger partial charge in [0.1, 0.15) is 0 Å². The highest BCUT2D eigenvalue weighted by molar-refractivity contribution is 5.93. The predicted octanol–water partition coefficient (Wildman–Crippen LogP) is 0.941. The third-order valence-electron chi connectivity index (χ3n) is 4.71. The van der Waals surface area contributed by atoms with Gasteiger partial charge in [0.05, 0.1) is 6.10 Å². The van der Waals surface area contributed by atoms with E-state index in [-0.39, 0.29) is 23.5 Å². The number of nitrogens with two attached hydrogens (primary N) is 2. The first-order valence-corrected chi connectivity index (χ1v) is 7.81. The predicted molar refractivity (Wildman–Crippen MR) is 87.9 cm³/mol. The van der Waals surface area contributed by atoms with Crippen molar-refractivity contribution in [2.24, 2.45) is 11.5 Å². The van der Waals surface area contributed by atoms with Crippen molar-refractivity contribution in [3.8, 4) is 0 Å². The number of ether oxygens (including phenoxy) is 1. The summed E-state index contributed by atoms with van der Waals surface area (Å²) in [5.74, 6) is -0.389. The summed E-state index contributed by atoms with van der Waals surface area (Å²) in [4.78, 5) is 11.5. The molecule has 5 nitrogen and oxygen atoms in total. The second-order valence-corrected chi connectivity index (χ2v) is 6.51. The zero-order chi connectivity index (χ0) is 16.3. The molecular weight excluding hydrogens is 278 g/mol. The van der Waals surface area contributed by atoms with Crippen molar-refractivity contribution in [2.75, 3.05) is 20.2 Å². The van der Waals surface area contributed by atoms with Crippen LogP contribution in [0.25, 0.3) is 0 Å². The molecule has 122 valence electrons. The highest BCUT2D eigenvalue weighted by Gasteiger charge is 2.42. The van der Waals surface area contributed by atoms with Gasteiger partial charge in [0.15, 0.2) is 0 Å². The molecule has 1 aliphatic rings. The van der Waals surface area contributed by atoms with Crippen LogP contribution >= 0.6 is 0 Å². The summed E-state index contributed by atoms with van der Waals surface area (Å²) in [6, 6.07) is 5.90. The number of primary amides is 1. The molecule has 0 saturated carbocycles. The Balaban J connectivity index is 2.37. The van der Waals surface area contributed by atoms with Crippen LogP contribution in [0.1, 0.15) is 41.8 Å². The standard InChI is InChI=1S/C17H27N3O2/c1-17(2)13-9-12(16(19)21)6-5-11(13)10-14(22-3)15(17)20-8-4-7-18/h5-6,9,14-15,20H,4,7-8,10,18H2,1-3H3,(H2,19,21)/t14-,15+/m1/s1. The Morgan fingerprint density at radius 1 is 1.45 bits per heavy atom. The fourth-order valence-corrected chi connectivity index (χ4v) is 3.44. The van der Waals surface area contributed by atoms with Gasteiger partial charge in [0, 0.05) is 30.6 Å². The Hall–Kier alpha value is -1.43. The number of carbonyl (C=O) groups excluding carboxylic acids is 1. The summed E-state index contributed by atoms with van der Waals surface area (Å²) in [6.45, 7) is 5.89. The van der Waals surface area contributed by atoms with Gasteiger partial charge in [-0.25, -0.2) is 0 Å². The lowest BCUT2D eigenvalue weighted by Gasteiger charge is -2.45. The third kappa shape index (κ3) is 3.16. The second-order valence-electron chi connectivity index (χ2n) is 6.51. The van der Waals surface area contributed by atoms with E-state index in [1.165, 1.54) is 11.1 Å². The lowest BCUT2D eigenvalue weighted by molar-refractivity contribution is 0.0357. The molecule has 2 atom stereocenters. The Morgan fingerprint density at radius 3 is 2.77 bits per heavy atom. The summed E-state index contributed by atoms with van der Waals surface area (Å²) >= 11 is 0. The van der Waals surface area contributed by atoms with E-state index in [1.807, 2.05) is 12.1 Å². The number of hydrogen-bond acceptors (Lipinski definition) is 4. The number of methoxy groups -OCH3 is 1. The maximum atomic E-state index is 11.5. The van der Waals surface area contributed by atoms with Gasteiger partial charge >= 0.3 is 0 Å². The van der Waals surface area contributed by atoms with E-state index in [1.54, 1.807) is 13.2 Å². The zero-order valence-electron chi connectivity index (χ0n) is 13.7. The molecule has 5 heteroatoms. The molecule has 0 radical (unpaired) electrons. The van der Waals surface area contributed by atoms with Crippen LogP contribution in [0.5, 0.6) is 0 Å². The molecule has 1 amide bonds. The molecule has 1 aromatic carbocycles. The molecule has 0 saturated heterocycles. The number of benzene rings is 1. The molecule has 22 heavy (non-hydrogen) atoms. The van der Waals surface area contributed by atoms with Gasteiger partial charge in [-0.3, -0.25) is 4.79 Å². The fourth-order valence-electron chi connectivity index (χ4n) is 3.44. The van der Waals surface area contributed by atoms with Gasteiger partial charge in [0.25, 0.3) is 0 Å². The summed E-state index contributed by atoms with van der Waals surface area (Å²) in [7, 11) is 1.75. The summed E-state index contributed by atoms with van der Waals surface area (Å²) in [6.07, 6.45) is 1.85. The molecule has 0 aromatic heterocycles. The molecular formula is C17H27N3O2. The lowest BCUT2D eigenvalue weighted by Crippen LogP contribution is -2.57. The first-order chi connectivity index (χ1) is 10.4. The van der Waals surface area contributed by atoms with Gasteiger partial charge in [-0.15, -0.1) is 0 Å². The Labute approximate surface area is 132 Å². The topological polar surface area (TPSA) is 90.4 Å². The minimum Gasteiger partial charge on any atom is -0.379 e. The van der Waals surface area contributed by atoms with E-state index >= 15 is 0 Å². The highest BCUT2D eigenvalue weighted by Crippen LogP contribution is 2.38. The van der Waals surface area contributed by atoms with Crippen molar-refractivity contribution in [3.63, 3.8) is 0 Å². The highest BCUT2D eigenvalue weighted by atomic mass is 16.5. The van der Waals surface area contributed by atoms with E-state index in [0.717, 1.165) is 19.4 Å². The van der Waals surface area contributed by atoms with Crippen LogP contribution in [0.15, 0.2) is 18.2 Å². The monoisotopic (exact) mass is 305 g/mol. The van der Waals surface area contributed by atoms with Crippen molar-refractivity contribution in [2.45, 2.75) is 44.2 Å². The smallest absolute Gasteiger partial charge is 0.248 e. The van der Waals surface area contributed by atoms with Gasteiger partial charge < -0.3 is 21.5 Å². The molecule has 0 aliphatic heterocycles. The van der Waals surface area contributed by atoms with Crippen LogP contribution in [-0.2, 0) is 16.6 Å². The van der Waals surface area contributed by atoms with Gasteiger partial charge in [0.2, 0.25) is 5.91 Å². The molecule has 5 N–H and O–H groups in total. The average Bonchev–Trinajstić information content (AvgIpc) is 2.48. The van der Waals surface area contributed by atoms with Gasteiger partial charge in [-0.1, -0.05) is 19.9 Å². The van der Waals surface area contributed by atoms with Crippen molar-refractivity contribution in [3.05, 3.63) is 34.9 Å². The lowest BCUT2D eigenvalue weighted by atomic mass is 9.67. The Morgan fingerprint density at radius 2 is 2.18 bits per heavy atom. The molecule has 2 rings (SSSR count). The Kier molecular flexibility index (Phi) is 5.21. The number of nitrogens with one attached hydrogen (secondary N) is 1. The molecule has 0 unspecified atom stereocenters. The molecule has 0 spiro atoms. The summed E-state index contributed by atoms with van der Waals surface area (Å²) < 4.78 is 5.72. The number of amides is 1. The average molecular weight is 305 g/mol. The van der Waals surface area contributed by atoms with E-state index in [2.05, 4.69) is 19.2 Å². The normalized spacial score (nSPS) is 23.1. The van der Waals surface area contributed by atoms with Crippen molar-refractivity contribution < 1.29 is 9.53 Å². The van der Waals surface area contributed by atoms with Crippen LogP contribution in [0.4, 0.5) is 0 Å². The SMILES string of the molecule is CO[C@@H]1Cc2ccc(C(N)=O)cc2C(C)(C)[C@H]1NCCCN. The molecule has 1 aliphatic carbocycles. The zero-order valence-corrected chi connectivity index (χ0v) is 13.7. The van der Waals surface area contributed by atoms with E-state index in [4.69, 9.17) is 16.2 Å². The molecule has 0 fully saturated rings. The van der Waals surface area contributed by atoms with Gasteiger partial charge in [-0.2, -0.15) is 0 Å². The van der Waals surface area contributed by atoms with Crippen molar-refractivity contribution in [1.29, 1.82) is 0 Å². The van der Waals surface area contributed by atoms with Crippen molar-refractivity contribution >= 4 is 5.91 Å². The van der Waals surface area contributed by atoms with E-state index in [0.29, 0.717) is 12.1 Å². The number of carbonyl (C=O) groups is 1. The van der Waals surface area contributed by atoms with Crippen LogP contribution in [0.3, 0.4) is 0 Å². The van der Waals surface area contributed by atoms with Gasteiger partial charge in [-0.05, 0) is 42.8 Å². The first-order valence-electron chi connectivity index (χ1n) is 7.81. The maximum Gasteiger partial charge on any atom is 0.248 e. The second kappa shape index (κ2) is 6.77. The summed E-state index contributed by atoms with van der Waals surface area (Å²) in [5, 5.41) is 3.58.